The number of thiazole rings is 1. The van der Waals surface area contributed by atoms with Gasteiger partial charge in [0.25, 0.3) is 5.56 Å². The van der Waals surface area contributed by atoms with E-state index < -0.39 is 12.0 Å². The zero-order valence-corrected chi connectivity index (χ0v) is 24.3. The summed E-state index contributed by atoms with van der Waals surface area (Å²) in [7, 11) is 1.53. The number of fused-ring (bicyclic) bond motifs is 1. The fourth-order valence-electron chi connectivity index (χ4n) is 4.05. The number of methoxy groups -OCH3 is 1. The minimum atomic E-state index is -0.828. The van der Waals surface area contributed by atoms with Gasteiger partial charge in [-0.05, 0) is 56.2 Å². The first-order valence-electron chi connectivity index (χ1n) is 11.4. The molecule has 1 aliphatic heterocycles. The summed E-state index contributed by atoms with van der Waals surface area (Å²) < 4.78 is 19.1. The number of ether oxygens (including phenoxy) is 3. The minimum Gasteiger partial charge on any atom is -0.493 e. The van der Waals surface area contributed by atoms with Crippen molar-refractivity contribution < 1.29 is 19.0 Å². The SMILES string of the molecule is CCOC(=O)C1=C(C)N=c2s/c(=C/c3cccc(Cl)c3Cl)c(=O)n2[C@H]1c1cc(OC)c(OCC)cc1Br. The van der Waals surface area contributed by atoms with E-state index in [1.165, 1.54) is 23.0 Å². The quantitative estimate of drug-likeness (QED) is 0.334. The number of hydrogen-bond donors (Lipinski definition) is 0. The van der Waals surface area contributed by atoms with Crippen molar-refractivity contribution in [2.24, 2.45) is 4.99 Å². The lowest BCUT2D eigenvalue weighted by atomic mass is 9.95. The first-order chi connectivity index (χ1) is 17.7. The van der Waals surface area contributed by atoms with Crippen LogP contribution in [0.5, 0.6) is 11.5 Å². The molecule has 0 fully saturated rings. The summed E-state index contributed by atoms with van der Waals surface area (Å²) in [5.41, 5.74) is 1.59. The molecule has 0 amide bonds. The van der Waals surface area contributed by atoms with E-state index in [1.807, 2.05) is 6.92 Å². The Morgan fingerprint density at radius 1 is 1.22 bits per heavy atom. The van der Waals surface area contributed by atoms with Gasteiger partial charge in [0.1, 0.15) is 0 Å². The number of nitrogens with zero attached hydrogens (tertiary/aromatic N) is 2. The fraction of sp³-hybridized carbons (Fsp3) is 0.269. The van der Waals surface area contributed by atoms with Crippen molar-refractivity contribution in [1.82, 2.24) is 4.57 Å². The molecule has 4 rings (SSSR count). The van der Waals surface area contributed by atoms with Crippen LogP contribution in [0.3, 0.4) is 0 Å². The largest absolute Gasteiger partial charge is 0.493 e. The van der Waals surface area contributed by atoms with Gasteiger partial charge in [0.2, 0.25) is 0 Å². The van der Waals surface area contributed by atoms with Crippen LogP contribution in [0.4, 0.5) is 0 Å². The Labute approximate surface area is 235 Å². The van der Waals surface area contributed by atoms with E-state index in [0.717, 1.165) is 0 Å². The molecule has 0 radical (unpaired) electrons. The zero-order chi connectivity index (χ0) is 26.9. The molecule has 3 aromatic rings. The number of benzene rings is 2. The van der Waals surface area contributed by atoms with E-state index in [0.29, 0.717) is 58.8 Å². The van der Waals surface area contributed by atoms with E-state index in [2.05, 4.69) is 20.9 Å². The Hall–Kier alpha value is -2.59. The topological polar surface area (TPSA) is 79.1 Å². The number of allylic oxidation sites excluding steroid dienone is 1. The maximum Gasteiger partial charge on any atom is 0.338 e. The lowest BCUT2D eigenvalue weighted by molar-refractivity contribution is -0.139. The molecule has 0 aliphatic carbocycles. The standard InChI is InChI=1S/C26H23BrCl2N2O5S/c1-5-35-19-12-16(27)15(11-18(19)34-4)23-21(25(33)36-6-2)13(3)30-26-31(23)24(32)20(37-26)10-14-8-7-9-17(28)22(14)29/h7-12,23H,5-6H2,1-4H3/b20-10+/t23-/m0/s1. The van der Waals surface area contributed by atoms with Crippen LogP contribution in [0, 0.1) is 0 Å². The highest BCUT2D eigenvalue weighted by atomic mass is 79.9. The molecule has 0 spiro atoms. The second kappa shape index (κ2) is 11.4. The van der Waals surface area contributed by atoms with Crippen LogP contribution in [0.15, 0.2) is 55.9 Å². The predicted molar refractivity (Wildman–Crippen MR) is 149 cm³/mol. The van der Waals surface area contributed by atoms with Crippen molar-refractivity contribution in [3.8, 4) is 11.5 Å². The van der Waals surface area contributed by atoms with Crippen LogP contribution in [-0.4, -0.2) is 30.9 Å². The van der Waals surface area contributed by atoms with Crippen molar-refractivity contribution in [3.05, 3.63) is 86.9 Å². The number of hydrogen-bond acceptors (Lipinski definition) is 7. The van der Waals surface area contributed by atoms with Gasteiger partial charge in [-0.1, -0.05) is 62.6 Å². The van der Waals surface area contributed by atoms with E-state index >= 15 is 0 Å². The summed E-state index contributed by atoms with van der Waals surface area (Å²) in [4.78, 5) is 32.0. The maximum absolute atomic E-state index is 13.8. The Morgan fingerprint density at radius 2 is 1.97 bits per heavy atom. The monoisotopic (exact) mass is 624 g/mol. The Balaban J connectivity index is 2.02. The molecule has 0 saturated heterocycles. The number of aromatic nitrogens is 1. The molecule has 2 aromatic carbocycles. The second-order valence-electron chi connectivity index (χ2n) is 7.90. The summed E-state index contributed by atoms with van der Waals surface area (Å²) in [5, 5.41) is 0.723. The smallest absolute Gasteiger partial charge is 0.338 e. The van der Waals surface area contributed by atoms with Crippen molar-refractivity contribution >= 4 is 62.5 Å². The van der Waals surface area contributed by atoms with E-state index in [1.54, 1.807) is 50.3 Å². The Kier molecular flexibility index (Phi) is 8.48. The highest BCUT2D eigenvalue weighted by Gasteiger charge is 2.35. The predicted octanol–water partition coefficient (Wildman–Crippen LogP) is 5.27. The third-order valence-corrected chi connectivity index (χ3v) is 8.17. The van der Waals surface area contributed by atoms with Crippen LogP contribution < -0.4 is 24.4 Å². The Bertz CT molecular complexity index is 1600. The van der Waals surface area contributed by atoms with Gasteiger partial charge in [0.15, 0.2) is 16.3 Å². The molecule has 1 aliphatic rings. The zero-order valence-electron chi connectivity index (χ0n) is 20.4. The molecular formula is C26H23BrCl2N2O5S. The summed E-state index contributed by atoms with van der Waals surface area (Å²) in [6, 6.07) is 7.89. The van der Waals surface area contributed by atoms with Crippen molar-refractivity contribution in [1.29, 1.82) is 0 Å². The van der Waals surface area contributed by atoms with E-state index in [4.69, 9.17) is 37.4 Å². The second-order valence-corrected chi connectivity index (χ2v) is 10.6. The number of halogens is 3. The molecule has 7 nitrogen and oxygen atoms in total. The van der Waals surface area contributed by atoms with Crippen LogP contribution in [0.2, 0.25) is 10.0 Å². The normalized spacial score (nSPS) is 15.3. The molecule has 0 N–H and O–H groups in total. The minimum absolute atomic E-state index is 0.174. The van der Waals surface area contributed by atoms with Gasteiger partial charge in [-0.3, -0.25) is 9.36 Å². The molecule has 194 valence electrons. The molecule has 11 heteroatoms. The van der Waals surface area contributed by atoms with Crippen LogP contribution in [0.1, 0.15) is 37.9 Å². The molecule has 1 aromatic heterocycles. The highest BCUT2D eigenvalue weighted by molar-refractivity contribution is 9.10. The van der Waals surface area contributed by atoms with Gasteiger partial charge in [0, 0.05) is 4.47 Å². The summed E-state index contributed by atoms with van der Waals surface area (Å²) in [6.45, 7) is 5.94. The average molecular weight is 626 g/mol. The molecular weight excluding hydrogens is 603 g/mol. The third-order valence-electron chi connectivity index (χ3n) is 5.66. The first-order valence-corrected chi connectivity index (χ1v) is 13.7. The molecule has 37 heavy (non-hydrogen) atoms. The van der Waals surface area contributed by atoms with Crippen LogP contribution >= 0.6 is 50.5 Å². The maximum atomic E-state index is 13.8. The van der Waals surface area contributed by atoms with Gasteiger partial charge < -0.3 is 14.2 Å². The van der Waals surface area contributed by atoms with Gasteiger partial charge in [-0.2, -0.15) is 0 Å². The third kappa shape index (κ3) is 5.23. The van der Waals surface area contributed by atoms with E-state index in [9.17, 15) is 9.59 Å². The lowest BCUT2D eigenvalue weighted by Gasteiger charge is -2.26. The van der Waals surface area contributed by atoms with E-state index in [-0.39, 0.29) is 17.7 Å². The van der Waals surface area contributed by atoms with Gasteiger partial charge in [-0.15, -0.1) is 0 Å². The summed E-state index contributed by atoms with van der Waals surface area (Å²) >= 11 is 17.4. The molecule has 0 unspecified atom stereocenters. The molecule has 1 atom stereocenters. The van der Waals surface area contributed by atoms with Gasteiger partial charge in [0.05, 0.1) is 52.2 Å². The first kappa shape index (κ1) is 27.4. The number of carbonyl (C=O) groups excluding carboxylic acids is 1. The van der Waals surface area contributed by atoms with Crippen LogP contribution in [-0.2, 0) is 9.53 Å². The van der Waals surface area contributed by atoms with Crippen LogP contribution in [0.25, 0.3) is 6.08 Å². The highest BCUT2D eigenvalue weighted by Crippen LogP contribution is 2.41. The molecule has 0 saturated carbocycles. The van der Waals surface area contributed by atoms with Crippen molar-refractivity contribution in [2.45, 2.75) is 26.8 Å². The summed E-state index contributed by atoms with van der Waals surface area (Å²) in [6.07, 6.45) is 1.67. The van der Waals surface area contributed by atoms with Crippen molar-refractivity contribution in [2.75, 3.05) is 20.3 Å². The fourth-order valence-corrected chi connectivity index (χ4v) is 5.99. The number of carbonyl (C=O) groups is 1. The van der Waals surface area contributed by atoms with Gasteiger partial charge >= 0.3 is 5.97 Å². The van der Waals surface area contributed by atoms with Crippen molar-refractivity contribution in [3.63, 3.8) is 0 Å². The number of rotatable bonds is 7. The van der Waals surface area contributed by atoms with Gasteiger partial charge in [-0.25, -0.2) is 9.79 Å². The Morgan fingerprint density at radius 3 is 2.65 bits per heavy atom. The lowest BCUT2D eigenvalue weighted by Crippen LogP contribution is -2.40. The summed E-state index contributed by atoms with van der Waals surface area (Å²) in [5.74, 6) is 0.438. The molecule has 2 heterocycles. The average Bonchev–Trinajstić information content (AvgIpc) is 3.16. The molecule has 0 bridgehead atoms. The number of esters is 1.